The Labute approximate surface area is 244 Å². The van der Waals surface area contributed by atoms with Gasteiger partial charge in [0.25, 0.3) is 0 Å². The van der Waals surface area contributed by atoms with Crippen LogP contribution in [0.1, 0.15) is 6.42 Å². The van der Waals surface area contributed by atoms with Gasteiger partial charge in [-0.25, -0.2) is 5.48 Å². The summed E-state index contributed by atoms with van der Waals surface area (Å²) in [6.45, 7) is 11.2. The predicted molar refractivity (Wildman–Crippen MR) is 145 cm³/mol. The zero-order valence-electron chi connectivity index (χ0n) is 24.7. The van der Waals surface area contributed by atoms with Gasteiger partial charge in [0.05, 0.1) is 158 Å². The van der Waals surface area contributed by atoms with Gasteiger partial charge in [-0.15, -0.1) is 0 Å². The van der Waals surface area contributed by atoms with E-state index in [1.54, 1.807) is 7.11 Å². The minimum atomic E-state index is -0.480. The normalized spacial score (nSPS) is 11.4. The molecule has 0 saturated carbocycles. The van der Waals surface area contributed by atoms with Crippen LogP contribution < -0.4 is 5.48 Å². The van der Waals surface area contributed by atoms with E-state index in [0.717, 1.165) is 0 Å². The molecular formula is C26H53NO14. The lowest BCUT2D eigenvalue weighted by molar-refractivity contribution is -0.130. The van der Waals surface area contributed by atoms with Crippen LogP contribution in [0.25, 0.3) is 0 Å². The van der Waals surface area contributed by atoms with E-state index in [1.807, 2.05) is 0 Å². The first-order chi connectivity index (χ1) is 20.3. The molecule has 0 aromatic carbocycles. The third-order valence-corrected chi connectivity index (χ3v) is 4.75. The fraction of sp³-hybridized carbons (Fsp3) is 0.962. The molecule has 0 spiro atoms. The fourth-order valence-electron chi connectivity index (χ4n) is 2.66. The zero-order chi connectivity index (χ0) is 29.7. The van der Waals surface area contributed by atoms with E-state index in [1.165, 1.54) is 5.48 Å². The molecule has 0 aromatic rings. The van der Waals surface area contributed by atoms with Crippen molar-refractivity contribution in [1.82, 2.24) is 5.48 Å². The number of rotatable bonds is 36. The quantitative estimate of drug-likeness (QED) is 0.0546. The molecule has 1 amide bonds. The standard InChI is InChI=1S/C26H53NO14/c1-30-4-5-32-8-9-34-12-13-36-16-17-38-20-21-40-24-25-41-23-22-39-19-18-37-15-14-35-11-10-33-7-6-31-3-2-26(28)27-29/h29H,2-25H2,1H3,(H,27,28). The van der Waals surface area contributed by atoms with Gasteiger partial charge in [0, 0.05) is 7.11 Å². The molecule has 0 aromatic heterocycles. The van der Waals surface area contributed by atoms with Crippen LogP contribution in [0.15, 0.2) is 0 Å². The molecule has 0 bridgehead atoms. The maximum Gasteiger partial charge on any atom is 0.245 e. The Bertz CT molecular complexity index is 507. The monoisotopic (exact) mass is 603 g/mol. The van der Waals surface area contributed by atoms with Crippen LogP contribution in [0.4, 0.5) is 0 Å². The molecular weight excluding hydrogens is 550 g/mol. The number of ether oxygens (including phenoxy) is 12. The molecule has 41 heavy (non-hydrogen) atoms. The molecule has 0 radical (unpaired) electrons. The van der Waals surface area contributed by atoms with Gasteiger partial charge >= 0.3 is 0 Å². The van der Waals surface area contributed by atoms with Gasteiger partial charge in [-0.3, -0.25) is 10.0 Å². The molecule has 15 nitrogen and oxygen atoms in total. The van der Waals surface area contributed by atoms with Crippen molar-refractivity contribution < 1.29 is 66.8 Å². The topological polar surface area (TPSA) is 160 Å². The summed E-state index contributed by atoms with van der Waals surface area (Å²) < 4.78 is 64.1. The zero-order valence-corrected chi connectivity index (χ0v) is 24.7. The summed E-state index contributed by atoms with van der Waals surface area (Å²) in [5, 5.41) is 8.33. The highest BCUT2D eigenvalue weighted by Crippen LogP contribution is 1.88. The van der Waals surface area contributed by atoms with Gasteiger partial charge in [-0.05, 0) is 0 Å². The van der Waals surface area contributed by atoms with Crippen molar-refractivity contribution >= 4 is 5.91 Å². The smallest absolute Gasteiger partial charge is 0.245 e. The van der Waals surface area contributed by atoms with E-state index in [2.05, 4.69) is 0 Å². The highest BCUT2D eigenvalue weighted by molar-refractivity contribution is 5.74. The summed E-state index contributed by atoms with van der Waals surface area (Å²) in [6.07, 6.45) is 0.107. The van der Waals surface area contributed by atoms with Crippen molar-refractivity contribution in [2.24, 2.45) is 0 Å². The third-order valence-electron chi connectivity index (χ3n) is 4.75. The predicted octanol–water partition coefficient (Wildman–Crippen LogP) is -0.289. The first kappa shape index (κ1) is 40.0. The highest BCUT2D eigenvalue weighted by Gasteiger charge is 1.99. The van der Waals surface area contributed by atoms with Crippen LogP contribution >= 0.6 is 0 Å². The first-order valence-electron chi connectivity index (χ1n) is 14.1. The van der Waals surface area contributed by atoms with Crippen molar-refractivity contribution in [3.8, 4) is 0 Å². The van der Waals surface area contributed by atoms with Crippen molar-refractivity contribution in [3.05, 3.63) is 0 Å². The van der Waals surface area contributed by atoms with Crippen molar-refractivity contribution in [1.29, 1.82) is 0 Å². The molecule has 0 aliphatic carbocycles. The number of methoxy groups -OCH3 is 1. The number of hydrogen-bond donors (Lipinski definition) is 2. The van der Waals surface area contributed by atoms with E-state index in [-0.39, 0.29) is 13.0 Å². The van der Waals surface area contributed by atoms with E-state index < -0.39 is 5.91 Å². The summed E-state index contributed by atoms with van der Waals surface area (Å²) in [5.74, 6) is -0.480. The average molecular weight is 604 g/mol. The van der Waals surface area contributed by atoms with Crippen LogP contribution in [0.2, 0.25) is 0 Å². The van der Waals surface area contributed by atoms with Gasteiger partial charge in [0.15, 0.2) is 0 Å². The lowest BCUT2D eigenvalue weighted by Gasteiger charge is -2.09. The summed E-state index contributed by atoms with van der Waals surface area (Å²) in [7, 11) is 1.64. The summed E-state index contributed by atoms with van der Waals surface area (Å²) in [4.78, 5) is 10.8. The molecule has 0 rings (SSSR count). The lowest BCUT2D eigenvalue weighted by atomic mass is 10.4. The summed E-state index contributed by atoms with van der Waals surface area (Å²) in [6, 6.07) is 0. The summed E-state index contributed by atoms with van der Waals surface area (Å²) >= 11 is 0. The maximum absolute atomic E-state index is 10.8. The van der Waals surface area contributed by atoms with Crippen molar-refractivity contribution in [2.45, 2.75) is 6.42 Å². The minimum Gasteiger partial charge on any atom is -0.382 e. The number of carbonyl (C=O) groups is 1. The van der Waals surface area contributed by atoms with Gasteiger partial charge < -0.3 is 56.8 Å². The number of carbonyl (C=O) groups excluding carboxylic acids is 1. The molecule has 246 valence electrons. The van der Waals surface area contributed by atoms with Gasteiger partial charge in [-0.2, -0.15) is 0 Å². The molecule has 0 atom stereocenters. The van der Waals surface area contributed by atoms with E-state index in [4.69, 9.17) is 62.0 Å². The van der Waals surface area contributed by atoms with Crippen molar-refractivity contribution in [2.75, 3.05) is 159 Å². The molecule has 0 unspecified atom stereocenters. The third kappa shape index (κ3) is 36.9. The molecule has 0 heterocycles. The molecule has 0 aliphatic rings. The molecule has 15 heteroatoms. The maximum atomic E-state index is 10.8. The van der Waals surface area contributed by atoms with Crippen LogP contribution in [0.3, 0.4) is 0 Å². The molecule has 0 saturated heterocycles. The van der Waals surface area contributed by atoms with E-state index >= 15 is 0 Å². The van der Waals surface area contributed by atoms with Crippen LogP contribution in [0.5, 0.6) is 0 Å². The van der Waals surface area contributed by atoms with Crippen LogP contribution in [-0.4, -0.2) is 170 Å². The van der Waals surface area contributed by atoms with Crippen molar-refractivity contribution in [3.63, 3.8) is 0 Å². The molecule has 2 N–H and O–H groups in total. The minimum absolute atomic E-state index is 0.107. The number of amides is 1. The second-order valence-electron chi connectivity index (χ2n) is 8.01. The fourth-order valence-corrected chi connectivity index (χ4v) is 2.66. The van der Waals surface area contributed by atoms with Gasteiger partial charge in [0.2, 0.25) is 5.91 Å². The highest BCUT2D eigenvalue weighted by atomic mass is 16.6. The first-order valence-corrected chi connectivity index (χ1v) is 14.1. The Morgan fingerprint density at radius 1 is 0.390 bits per heavy atom. The SMILES string of the molecule is COCCOCCOCCOCCOCCOCCOCCOCCOCCOCCOCCOCCC(=O)NO. The number of nitrogens with one attached hydrogen (secondary N) is 1. The number of hydroxylamine groups is 1. The Morgan fingerprint density at radius 2 is 0.585 bits per heavy atom. The van der Waals surface area contributed by atoms with Crippen LogP contribution in [0, 0.1) is 0 Å². The second-order valence-corrected chi connectivity index (χ2v) is 8.01. The lowest BCUT2D eigenvalue weighted by Crippen LogP contribution is -2.20. The number of hydrogen-bond acceptors (Lipinski definition) is 14. The largest absolute Gasteiger partial charge is 0.382 e. The average Bonchev–Trinajstić information content (AvgIpc) is 2.99. The Morgan fingerprint density at radius 3 is 0.780 bits per heavy atom. The van der Waals surface area contributed by atoms with Crippen LogP contribution in [-0.2, 0) is 61.6 Å². The second kappa shape index (κ2) is 37.0. The molecule has 0 aliphatic heterocycles. The molecule has 0 fully saturated rings. The van der Waals surface area contributed by atoms with Gasteiger partial charge in [-0.1, -0.05) is 0 Å². The Balaban J connectivity index is 3.04. The Hall–Kier alpha value is -1.05. The van der Waals surface area contributed by atoms with E-state index in [0.29, 0.717) is 145 Å². The summed E-state index contributed by atoms with van der Waals surface area (Å²) in [5.41, 5.74) is 1.54. The van der Waals surface area contributed by atoms with E-state index in [9.17, 15) is 4.79 Å². The van der Waals surface area contributed by atoms with Gasteiger partial charge in [0.1, 0.15) is 0 Å². The Kier molecular flexibility index (Phi) is 36.0.